The number of hydrogen-bond donors (Lipinski definition) is 2. The summed E-state index contributed by atoms with van der Waals surface area (Å²) in [5.74, 6) is -0.0623. The van der Waals surface area contributed by atoms with Crippen molar-refractivity contribution >= 4 is 40.4 Å². The Balaban J connectivity index is 1.58. The lowest BCUT2D eigenvalue weighted by Gasteiger charge is -2.05. The van der Waals surface area contributed by atoms with Crippen LogP contribution in [0.5, 0.6) is 5.75 Å². The molecule has 2 amide bonds. The predicted molar refractivity (Wildman–Crippen MR) is 103 cm³/mol. The maximum atomic E-state index is 12.2. The summed E-state index contributed by atoms with van der Waals surface area (Å²) in [6, 6.07) is 13.6. The Morgan fingerprint density at radius 2 is 1.93 bits per heavy atom. The van der Waals surface area contributed by atoms with Gasteiger partial charge in [0.15, 0.2) is 0 Å². The van der Waals surface area contributed by atoms with Gasteiger partial charge in [-0.25, -0.2) is 0 Å². The van der Waals surface area contributed by atoms with Gasteiger partial charge in [-0.05, 0) is 36.4 Å². The number of hydrogen-bond acceptors (Lipinski definition) is 6. The lowest BCUT2D eigenvalue weighted by Crippen LogP contribution is -2.22. The average molecular weight is 403 g/mol. The van der Waals surface area contributed by atoms with Gasteiger partial charge in [0, 0.05) is 16.3 Å². The average Bonchev–Trinajstić information content (AvgIpc) is 3.15. The number of carbonyl (C=O) groups is 2. The topological polar surface area (TPSA) is 93.2 Å². The third kappa shape index (κ3) is 5.02. The number of rotatable bonds is 6. The van der Waals surface area contributed by atoms with Crippen molar-refractivity contribution in [3.63, 3.8) is 0 Å². The zero-order valence-corrected chi connectivity index (χ0v) is 15.8. The first-order valence-electron chi connectivity index (χ1n) is 7.86. The number of nitrogens with zero attached hydrogens (tertiary/aromatic N) is 2. The second-order valence-electron chi connectivity index (χ2n) is 5.38. The lowest BCUT2D eigenvalue weighted by atomic mass is 10.2. The summed E-state index contributed by atoms with van der Waals surface area (Å²) >= 11 is 7.00. The SMILES string of the molecule is COc1cccc(C(=O)NCc2nnc(C(=O)Nc3cccc(Cl)c3)s2)c1. The van der Waals surface area contributed by atoms with Crippen molar-refractivity contribution in [3.8, 4) is 5.75 Å². The maximum Gasteiger partial charge on any atom is 0.286 e. The van der Waals surface area contributed by atoms with Crippen LogP contribution in [0.2, 0.25) is 5.02 Å². The predicted octanol–water partition coefficient (Wildman–Crippen LogP) is 3.38. The molecule has 0 saturated heterocycles. The smallest absolute Gasteiger partial charge is 0.286 e. The Hall–Kier alpha value is -2.97. The molecule has 0 unspecified atom stereocenters. The molecule has 9 heteroatoms. The van der Waals surface area contributed by atoms with Crippen molar-refractivity contribution < 1.29 is 14.3 Å². The van der Waals surface area contributed by atoms with Crippen LogP contribution in [0, 0.1) is 0 Å². The van der Waals surface area contributed by atoms with E-state index >= 15 is 0 Å². The molecule has 3 aromatic rings. The minimum Gasteiger partial charge on any atom is -0.497 e. The number of amides is 2. The zero-order chi connectivity index (χ0) is 19.2. The van der Waals surface area contributed by atoms with Gasteiger partial charge in [0.05, 0.1) is 13.7 Å². The molecule has 27 heavy (non-hydrogen) atoms. The van der Waals surface area contributed by atoms with Crippen molar-refractivity contribution in [1.29, 1.82) is 0 Å². The summed E-state index contributed by atoms with van der Waals surface area (Å²) in [4.78, 5) is 24.4. The maximum absolute atomic E-state index is 12.2. The van der Waals surface area contributed by atoms with Crippen molar-refractivity contribution in [2.24, 2.45) is 0 Å². The van der Waals surface area contributed by atoms with Gasteiger partial charge >= 0.3 is 0 Å². The second-order valence-corrected chi connectivity index (χ2v) is 6.88. The van der Waals surface area contributed by atoms with E-state index in [2.05, 4.69) is 20.8 Å². The molecule has 0 radical (unpaired) electrons. The van der Waals surface area contributed by atoms with Crippen molar-refractivity contribution in [3.05, 3.63) is 69.1 Å². The Morgan fingerprint density at radius 1 is 1.11 bits per heavy atom. The van der Waals surface area contributed by atoms with Gasteiger partial charge in [0.2, 0.25) is 5.01 Å². The number of methoxy groups -OCH3 is 1. The largest absolute Gasteiger partial charge is 0.497 e. The first kappa shape index (κ1) is 18.8. The van der Waals surface area contributed by atoms with Gasteiger partial charge < -0.3 is 15.4 Å². The van der Waals surface area contributed by atoms with Crippen LogP contribution >= 0.6 is 22.9 Å². The molecule has 3 rings (SSSR count). The summed E-state index contributed by atoms with van der Waals surface area (Å²) in [6.07, 6.45) is 0. The van der Waals surface area contributed by atoms with Crippen LogP contribution in [-0.4, -0.2) is 29.1 Å². The third-order valence-corrected chi connectivity index (χ3v) is 4.63. The highest BCUT2D eigenvalue weighted by Crippen LogP contribution is 2.17. The minimum absolute atomic E-state index is 0.165. The van der Waals surface area contributed by atoms with Crippen LogP contribution in [0.1, 0.15) is 25.2 Å². The highest BCUT2D eigenvalue weighted by atomic mass is 35.5. The van der Waals surface area contributed by atoms with Gasteiger partial charge in [-0.3, -0.25) is 9.59 Å². The first-order chi connectivity index (χ1) is 13.0. The quantitative estimate of drug-likeness (QED) is 0.659. The molecule has 0 aliphatic carbocycles. The van der Waals surface area contributed by atoms with Crippen molar-refractivity contribution in [2.45, 2.75) is 6.54 Å². The van der Waals surface area contributed by atoms with Crippen molar-refractivity contribution in [2.75, 3.05) is 12.4 Å². The molecule has 1 heterocycles. The summed E-state index contributed by atoms with van der Waals surface area (Å²) in [6.45, 7) is 0.165. The monoisotopic (exact) mass is 402 g/mol. The normalized spacial score (nSPS) is 10.3. The van der Waals surface area contributed by atoms with Gasteiger partial charge in [-0.15, -0.1) is 10.2 Å². The molecular weight excluding hydrogens is 388 g/mol. The molecule has 0 bridgehead atoms. The van der Waals surface area contributed by atoms with Crippen LogP contribution in [0.4, 0.5) is 5.69 Å². The summed E-state index contributed by atoms with van der Waals surface area (Å²) in [7, 11) is 1.54. The van der Waals surface area contributed by atoms with Gasteiger partial charge in [-0.1, -0.05) is 35.1 Å². The third-order valence-electron chi connectivity index (χ3n) is 3.48. The van der Waals surface area contributed by atoms with E-state index in [1.165, 1.54) is 7.11 Å². The van der Waals surface area contributed by atoms with E-state index in [9.17, 15) is 9.59 Å². The molecule has 0 spiro atoms. The number of nitrogens with one attached hydrogen (secondary N) is 2. The molecule has 0 aliphatic heterocycles. The van der Waals surface area contributed by atoms with E-state index in [0.29, 0.717) is 27.0 Å². The van der Waals surface area contributed by atoms with Crippen LogP contribution in [-0.2, 0) is 6.54 Å². The van der Waals surface area contributed by atoms with Crippen LogP contribution in [0.3, 0.4) is 0 Å². The van der Waals surface area contributed by atoms with Gasteiger partial charge in [0.25, 0.3) is 11.8 Å². The number of anilines is 1. The fourth-order valence-electron chi connectivity index (χ4n) is 2.19. The molecule has 0 aliphatic rings. The number of halogens is 1. The summed E-state index contributed by atoms with van der Waals surface area (Å²) in [5, 5.41) is 14.5. The Morgan fingerprint density at radius 3 is 2.70 bits per heavy atom. The fourth-order valence-corrected chi connectivity index (χ4v) is 3.05. The fraction of sp³-hybridized carbons (Fsp3) is 0.111. The molecule has 0 atom stereocenters. The van der Waals surface area contributed by atoms with Crippen LogP contribution < -0.4 is 15.4 Å². The van der Waals surface area contributed by atoms with E-state index < -0.39 is 0 Å². The number of ether oxygens (including phenoxy) is 1. The minimum atomic E-state index is -0.389. The molecule has 2 aromatic carbocycles. The molecular formula is C18H15ClN4O3S. The number of benzene rings is 2. The summed E-state index contributed by atoms with van der Waals surface area (Å²) in [5.41, 5.74) is 1.04. The van der Waals surface area contributed by atoms with Gasteiger partial charge in [0.1, 0.15) is 10.8 Å². The number of carbonyl (C=O) groups excluding carboxylic acids is 2. The molecule has 1 aromatic heterocycles. The highest BCUT2D eigenvalue weighted by molar-refractivity contribution is 7.13. The van der Waals surface area contributed by atoms with E-state index in [4.69, 9.17) is 16.3 Å². The molecule has 7 nitrogen and oxygen atoms in total. The van der Waals surface area contributed by atoms with Gasteiger partial charge in [-0.2, -0.15) is 0 Å². The first-order valence-corrected chi connectivity index (χ1v) is 9.06. The van der Waals surface area contributed by atoms with E-state index in [1.807, 2.05) is 0 Å². The van der Waals surface area contributed by atoms with Crippen LogP contribution in [0.15, 0.2) is 48.5 Å². The van der Waals surface area contributed by atoms with Crippen molar-refractivity contribution in [1.82, 2.24) is 15.5 Å². The Kier molecular flexibility index (Phi) is 6.00. The zero-order valence-electron chi connectivity index (χ0n) is 14.2. The van der Waals surface area contributed by atoms with E-state index in [0.717, 1.165) is 11.3 Å². The molecule has 0 fully saturated rings. The Bertz CT molecular complexity index is 977. The van der Waals surface area contributed by atoms with Crippen LogP contribution in [0.25, 0.3) is 0 Å². The molecule has 0 saturated carbocycles. The number of aromatic nitrogens is 2. The highest BCUT2D eigenvalue weighted by Gasteiger charge is 2.14. The molecule has 138 valence electrons. The van der Waals surface area contributed by atoms with E-state index in [1.54, 1.807) is 48.5 Å². The summed E-state index contributed by atoms with van der Waals surface area (Å²) < 4.78 is 5.10. The van der Waals surface area contributed by atoms with E-state index in [-0.39, 0.29) is 23.4 Å². The second kappa shape index (κ2) is 8.61. The lowest BCUT2D eigenvalue weighted by molar-refractivity contribution is 0.0949. The molecule has 2 N–H and O–H groups in total. The Labute approximate surface area is 164 Å². The standard InChI is InChI=1S/C18H15ClN4O3S/c1-26-14-7-2-4-11(8-14)16(24)20-10-15-22-23-18(27-15)17(25)21-13-6-3-5-12(19)9-13/h2-9H,10H2,1H3,(H,20,24)(H,21,25).